The van der Waals surface area contributed by atoms with Gasteiger partial charge in [0.05, 0.1) is 5.02 Å². The molecule has 1 aromatic rings. The highest BCUT2D eigenvalue weighted by atomic mass is 127. The van der Waals surface area contributed by atoms with Crippen LogP contribution in [-0.2, 0) is 0 Å². The average molecular weight is 352 g/mol. The first-order valence-electron chi connectivity index (χ1n) is 5.34. The molecule has 0 saturated carbocycles. The van der Waals surface area contributed by atoms with E-state index in [1.165, 1.54) is 0 Å². The summed E-state index contributed by atoms with van der Waals surface area (Å²) in [5.74, 6) is -0.0491. The number of amides is 1. The Morgan fingerprint density at radius 3 is 2.56 bits per heavy atom. The molecule has 0 atom stereocenters. The molecule has 0 bridgehead atoms. The van der Waals surface area contributed by atoms with Gasteiger partial charge in [-0.25, -0.2) is 0 Å². The SMILES string of the molecule is CCC(CC)NC(=O)c1ccc(I)c(Cl)c1. The molecule has 0 aromatic heterocycles. The molecular weight excluding hydrogens is 336 g/mol. The van der Waals surface area contributed by atoms with Crippen molar-refractivity contribution in [2.24, 2.45) is 0 Å². The summed E-state index contributed by atoms with van der Waals surface area (Å²) in [6.45, 7) is 4.13. The second-order valence-electron chi connectivity index (χ2n) is 3.62. The third-order valence-electron chi connectivity index (χ3n) is 2.50. The molecule has 0 unspecified atom stereocenters. The van der Waals surface area contributed by atoms with Crippen LogP contribution >= 0.6 is 34.2 Å². The highest BCUT2D eigenvalue weighted by molar-refractivity contribution is 14.1. The quantitative estimate of drug-likeness (QED) is 0.820. The molecule has 1 amide bonds. The van der Waals surface area contributed by atoms with E-state index in [0.717, 1.165) is 16.4 Å². The molecular formula is C12H15ClINO. The topological polar surface area (TPSA) is 29.1 Å². The van der Waals surface area contributed by atoms with Crippen molar-refractivity contribution in [3.63, 3.8) is 0 Å². The predicted octanol–water partition coefficient (Wildman–Crippen LogP) is 3.86. The minimum Gasteiger partial charge on any atom is -0.349 e. The van der Waals surface area contributed by atoms with Crippen molar-refractivity contribution in [3.05, 3.63) is 32.4 Å². The Bertz CT molecular complexity index is 377. The van der Waals surface area contributed by atoms with Crippen molar-refractivity contribution in [2.75, 3.05) is 0 Å². The Morgan fingerprint density at radius 1 is 1.44 bits per heavy atom. The van der Waals surface area contributed by atoms with Gasteiger partial charge in [0.15, 0.2) is 0 Å². The minimum atomic E-state index is -0.0491. The van der Waals surface area contributed by atoms with Gasteiger partial charge in [-0.1, -0.05) is 25.4 Å². The van der Waals surface area contributed by atoms with Crippen LogP contribution < -0.4 is 5.32 Å². The molecule has 0 fully saturated rings. The van der Waals surface area contributed by atoms with Crippen LogP contribution in [-0.4, -0.2) is 11.9 Å². The van der Waals surface area contributed by atoms with Gasteiger partial charge < -0.3 is 5.32 Å². The lowest BCUT2D eigenvalue weighted by molar-refractivity contribution is 0.0935. The Morgan fingerprint density at radius 2 is 2.06 bits per heavy atom. The summed E-state index contributed by atoms with van der Waals surface area (Å²) in [5, 5.41) is 3.60. The Balaban J connectivity index is 2.76. The van der Waals surface area contributed by atoms with Crippen molar-refractivity contribution in [1.82, 2.24) is 5.32 Å². The van der Waals surface area contributed by atoms with E-state index in [1.54, 1.807) is 12.1 Å². The Kier molecular flexibility index (Phi) is 5.55. The lowest BCUT2D eigenvalue weighted by atomic mass is 10.1. The molecule has 0 aliphatic rings. The molecule has 0 aliphatic carbocycles. The summed E-state index contributed by atoms with van der Waals surface area (Å²) in [5.41, 5.74) is 0.623. The monoisotopic (exact) mass is 351 g/mol. The first-order chi connectivity index (χ1) is 7.58. The fraction of sp³-hybridized carbons (Fsp3) is 0.417. The van der Waals surface area contributed by atoms with E-state index in [-0.39, 0.29) is 11.9 Å². The van der Waals surface area contributed by atoms with Crippen LogP contribution in [0.4, 0.5) is 0 Å². The van der Waals surface area contributed by atoms with Gasteiger partial charge in [-0.2, -0.15) is 0 Å². The summed E-state index contributed by atoms with van der Waals surface area (Å²) in [6, 6.07) is 5.60. The fourth-order valence-electron chi connectivity index (χ4n) is 1.40. The number of benzene rings is 1. The van der Waals surface area contributed by atoms with Crippen LogP contribution in [0.25, 0.3) is 0 Å². The summed E-state index contributed by atoms with van der Waals surface area (Å²) in [4.78, 5) is 11.9. The van der Waals surface area contributed by atoms with Gasteiger partial charge in [-0.15, -0.1) is 0 Å². The van der Waals surface area contributed by atoms with Crippen LogP contribution in [0.2, 0.25) is 5.02 Å². The number of halogens is 2. The third kappa shape index (κ3) is 3.63. The van der Waals surface area contributed by atoms with Crippen LogP contribution in [0, 0.1) is 3.57 Å². The molecule has 0 radical (unpaired) electrons. The van der Waals surface area contributed by atoms with Crippen molar-refractivity contribution >= 4 is 40.1 Å². The number of carbonyl (C=O) groups is 1. The largest absolute Gasteiger partial charge is 0.349 e. The van der Waals surface area contributed by atoms with Crippen LogP contribution in [0.1, 0.15) is 37.0 Å². The molecule has 1 N–H and O–H groups in total. The van der Waals surface area contributed by atoms with Crippen molar-refractivity contribution in [2.45, 2.75) is 32.7 Å². The average Bonchev–Trinajstić information content (AvgIpc) is 2.29. The Hall–Kier alpha value is -0.290. The van der Waals surface area contributed by atoms with Gasteiger partial charge in [-0.05, 0) is 53.6 Å². The van der Waals surface area contributed by atoms with Gasteiger partial charge in [-0.3, -0.25) is 4.79 Å². The first-order valence-corrected chi connectivity index (χ1v) is 6.80. The third-order valence-corrected chi connectivity index (χ3v) is 4.07. The summed E-state index contributed by atoms with van der Waals surface area (Å²) < 4.78 is 0.957. The molecule has 0 heterocycles. The smallest absolute Gasteiger partial charge is 0.251 e. The van der Waals surface area contributed by atoms with Gasteiger partial charge in [0.1, 0.15) is 0 Å². The zero-order valence-electron chi connectivity index (χ0n) is 9.39. The molecule has 1 aromatic carbocycles. The number of hydrogen-bond acceptors (Lipinski definition) is 1. The molecule has 16 heavy (non-hydrogen) atoms. The lowest BCUT2D eigenvalue weighted by Gasteiger charge is -2.14. The number of rotatable bonds is 4. The number of hydrogen-bond donors (Lipinski definition) is 1. The van der Waals surface area contributed by atoms with Crippen molar-refractivity contribution in [1.29, 1.82) is 0 Å². The van der Waals surface area contributed by atoms with E-state index in [9.17, 15) is 4.79 Å². The minimum absolute atomic E-state index is 0.0491. The predicted molar refractivity (Wildman–Crippen MR) is 76.0 cm³/mol. The van der Waals surface area contributed by atoms with Gasteiger partial charge in [0.25, 0.3) is 5.91 Å². The molecule has 0 saturated heterocycles. The fourth-order valence-corrected chi connectivity index (χ4v) is 1.91. The molecule has 0 aliphatic heterocycles. The maximum absolute atomic E-state index is 11.9. The zero-order chi connectivity index (χ0) is 12.1. The van der Waals surface area contributed by atoms with Crippen LogP contribution in [0.5, 0.6) is 0 Å². The molecule has 1 rings (SSSR count). The zero-order valence-corrected chi connectivity index (χ0v) is 12.3. The van der Waals surface area contributed by atoms with E-state index >= 15 is 0 Å². The van der Waals surface area contributed by atoms with Crippen molar-refractivity contribution in [3.8, 4) is 0 Å². The molecule has 2 nitrogen and oxygen atoms in total. The molecule has 0 spiro atoms. The van der Waals surface area contributed by atoms with Crippen LogP contribution in [0.3, 0.4) is 0 Å². The number of nitrogens with one attached hydrogen (secondary N) is 1. The van der Waals surface area contributed by atoms with Gasteiger partial charge in [0.2, 0.25) is 0 Å². The summed E-state index contributed by atoms with van der Waals surface area (Å²) in [6.07, 6.45) is 1.89. The highest BCUT2D eigenvalue weighted by Gasteiger charge is 2.11. The second kappa shape index (κ2) is 6.45. The van der Waals surface area contributed by atoms with E-state index in [2.05, 4.69) is 41.8 Å². The van der Waals surface area contributed by atoms with E-state index < -0.39 is 0 Å². The lowest BCUT2D eigenvalue weighted by Crippen LogP contribution is -2.33. The number of carbonyl (C=O) groups excluding carboxylic acids is 1. The van der Waals surface area contributed by atoms with Gasteiger partial charge in [0, 0.05) is 15.2 Å². The normalized spacial score (nSPS) is 10.6. The standard InChI is InChI=1S/C12H15ClINO/c1-3-9(4-2)15-12(16)8-5-6-11(14)10(13)7-8/h5-7,9H,3-4H2,1-2H3,(H,15,16). The van der Waals surface area contributed by atoms with E-state index in [0.29, 0.717) is 10.6 Å². The maximum Gasteiger partial charge on any atom is 0.251 e. The van der Waals surface area contributed by atoms with Crippen LogP contribution in [0.15, 0.2) is 18.2 Å². The summed E-state index contributed by atoms with van der Waals surface area (Å²) >= 11 is 8.12. The Labute approximate surface area is 115 Å². The van der Waals surface area contributed by atoms with E-state index in [4.69, 9.17) is 11.6 Å². The summed E-state index contributed by atoms with van der Waals surface area (Å²) in [7, 11) is 0. The molecule has 88 valence electrons. The van der Waals surface area contributed by atoms with E-state index in [1.807, 2.05) is 6.07 Å². The molecule has 4 heteroatoms. The second-order valence-corrected chi connectivity index (χ2v) is 5.19. The first kappa shape index (κ1) is 13.8. The highest BCUT2D eigenvalue weighted by Crippen LogP contribution is 2.19. The maximum atomic E-state index is 11.9. The van der Waals surface area contributed by atoms with Crippen molar-refractivity contribution < 1.29 is 4.79 Å². The van der Waals surface area contributed by atoms with Gasteiger partial charge >= 0.3 is 0 Å².